The number of likely N-dealkylation sites (tertiary alicyclic amines) is 1. The molecule has 148 valence electrons. The van der Waals surface area contributed by atoms with Gasteiger partial charge in [0.1, 0.15) is 6.54 Å². The van der Waals surface area contributed by atoms with Gasteiger partial charge in [0.2, 0.25) is 5.91 Å². The summed E-state index contributed by atoms with van der Waals surface area (Å²) < 4.78 is 1.94. The minimum Gasteiger partial charge on any atom is -0.392 e. The third-order valence-electron chi connectivity index (χ3n) is 7.13. The van der Waals surface area contributed by atoms with Crippen LogP contribution in [0, 0.1) is 11.3 Å². The van der Waals surface area contributed by atoms with Crippen LogP contribution in [0.15, 0.2) is 30.5 Å². The number of carbonyl (C=O) groups excluding carboxylic acids is 2. The highest BCUT2D eigenvalue weighted by Crippen LogP contribution is 2.45. The number of hydrogen-bond donors (Lipinski definition) is 1. The van der Waals surface area contributed by atoms with E-state index in [-0.39, 0.29) is 35.7 Å². The molecule has 0 radical (unpaired) electrons. The van der Waals surface area contributed by atoms with E-state index in [1.807, 2.05) is 39.9 Å². The van der Waals surface area contributed by atoms with Crippen LogP contribution in [0.2, 0.25) is 0 Å². The second-order valence-corrected chi connectivity index (χ2v) is 9.02. The van der Waals surface area contributed by atoms with Crippen molar-refractivity contribution in [3.8, 4) is 0 Å². The third-order valence-corrected chi connectivity index (χ3v) is 7.13. The van der Waals surface area contributed by atoms with Gasteiger partial charge in [-0.25, -0.2) is 0 Å². The number of fused-ring (bicyclic) bond motifs is 1. The van der Waals surface area contributed by atoms with E-state index in [0.29, 0.717) is 6.54 Å². The lowest BCUT2D eigenvalue weighted by molar-refractivity contribution is -0.137. The number of rotatable bonds is 4. The molecule has 1 aliphatic heterocycles. The van der Waals surface area contributed by atoms with Crippen LogP contribution < -0.4 is 0 Å². The molecule has 2 saturated carbocycles. The molecule has 0 unspecified atom stereocenters. The fourth-order valence-corrected chi connectivity index (χ4v) is 5.35. The van der Waals surface area contributed by atoms with Crippen LogP contribution in [0.4, 0.5) is 0 Å². The maximum atomic E-state index is 13.1. The number of amides is 1. The van der Waals surface area contributed by atoms with E-state index in [2.05, 4.69) is 0 Å². The van der Waals surface area contributed by atoms with Crippen LogP contribution in [-0.2, 0) is 11.3 Å². The van der Waals surface area contributed by atoms with Crippen molar-refractivity contribution in [1.82, 2.24) is 9.47 Å². The van der Waals surface area contributed by atoms with Gasteiger partial charge in [0.05, 0.1) is 6.10 Å². The Balaban J connectivity index is 1.39. The number of carbonyl (C=O) groups is 2. The van der Waals surface area contributed by atoms with Crippen molar-refractivity contribution in [1.29, 1.82) is 0 Å². The second-order valence-electron chi connectivity index (χ2n) is 9.02. The first-order valence-electron chi connectivity index (χ1n) is 10.7. The van der Waals surface area contributed by atoms with Gasteiger partial charge in [-0.3, -0.25) is 9.59 Å². The first-order chi connectivity index (χ1) is 13.6. The van der Waals surface area contributed by atoms with E-state index in [4.69, 9.17) is 0 Å². The van der Waals surface area contributed by atoms with Gasteiger partial charge >= 0.3 is 0 Å². The van der Waals surface area contributed by atoms with Gasteiger partial charge in [-0.05, 0) is 44.6 Å². The van der Waals surface area contributed by atoms with Crippen molar-refractivity contribution in [3.63, 3.8) is 0 Å². The number of para-hydroxylation sites is 1. The molecule has 1 aromatic carbocycles. The molecule has 1 N–H and O–H groups in total. The van der Waals surface area contributed by atoms with Crippen LogP contribution in [0.1, 0.15) is 55.3 Å². The Morgan fingerprint density at radius 3 is 2.64 bits per heavy atom. The van der Waals surface area contributed by atoms with Crippen LogP contribution in [-0.4, -0.2) is 45.5 Å². The van der Waals surface area contributed by atoms with E-state index in [9.17, 15) is 14.7 Å². The Kier molecular flexibility index (Phi) is 4.31. The standard InChI is InChI=1S/C23H28N2O3/c26-20-7-3-10-23(20)11-4-12-24(15-23)21(27)14-25-13-18(22(28)16-8-9-16)17-5-1-2-6-19(17)25/h1-2,5-6,13,16,20,26H,3-4,7-12,14-15H2/t20-,23-/m1/s1. The summed E-state index contributed by atoms with van der Waals surface area (Å²) in [5, 5.41) is 11.4. The lowest BCUT2D eigenvalue weighted by Gasteiger charge is -2.42. The Bertz CT molecular complexity index is 929. The first-order valence-corrected chi connectivity index (χ1v) is 10.7. The molecule has 5 heteroatoms. The Morgan fingerprint density at radius 1 is 1.11 bits per heavy atom. The molecular formula is C23H28N2O3. The van der Waals surface area contributed by atoms with E-state index in [1.54, 1.807) is 0 Å². The second kappa shape index (κ2) is 6.73. The monoisotopic (exact) mass is 380 g/mol. The fourth-order valence-electron chi connectivity index (χ4n) is 5.35. The van der Waals surface area contributed by atoms with Crippen molar-refractivity contribution < 1.29 is 14.7 Å². The number of benzene rings is 1. The van der Waals surface area contributed by atoms with E-state index in [1.165, 1.54) is 0 Å². The van der Waals surface area contributed by atoms with E-state index >= 15 is 0 Å². The van der Waals surface area contributed by atoms with Crippen molar-refractivity contribution in [2.45, 2.75) is 57.6 Å². The summed E-state index contributed by atoms with van der Waals surface area (Å²) >= 11 is 0. The number of Topliss-reactive ketones (excluding diaryl/α,β-unsaturated/α-hetero) is 1. The summed E-state index contributed by atoms with van der Waals surface area (Å²) in [5.74, 6) is 0.471. The molecule has 3 fully saturated rings. The van der Waals surface area contributed by atoms with Gasteiger partial charge in [0.15, 0.2) is 5.78 Å². The van der Waals surface area contributed by atoms with Gasteiger partial charge in [-0.2, -0.15) is 0 Å². The third kappa shape index (κ3) is 2.96. The lowest BCUT2D eigenvalue weighted by Crippen LogP contribution is -2.50. The van der Waals surface area contributed by atoms with Crippen molar-refractivity contribution >= 4 is 22.6 Å². The Hall–Kier alpha value is -2.14. The zero-order valence-electron chi connectivity index (χ0n) is 16.3. The minimum atomic E-state index is -0.279. The number of aliphatic hydroxyl groups excluding tert-OH is 1. The van der Waals surface area contributed by atoms with Crippen molar-refractivity contribution in [2.24, 2.45) is 11.3 Å². The number of piperidine rings is 1. The Morgan fingerprint density at radius 2 is 1.89 bits per heavy atom. The molecule has 1 amide bonds. The summed E-state index contributed by atoms with van der Waals surface area (Å²) in [5.41, 5.74) is 1.61. The average Bonchev–Trinajstić information content (AvgIpc) is 3.43. The highest BCUT2D eigenvalue weighted by Gasteiger charge is 2.45. The van der Waals surface area contributed by atoms with Gasteiger partial charge in [0, 0.05) is 47.1 Å². The highest BCUT2D eigenvalue weighted by atomic mass is 16.3. The van der Waals surface area contributed by atoms with Crippen LogP contribution in [0.5, 0.6) is 0 Å². The summed E-state index contributed by atoms with van der Waals surface area (Å²) in [4.78, 5) is 27.8. The van der Waals surface area contributed by atoms with Crippen molar-refractivity contribution in [2.75, 3.05) is 13.1 Å². The molecule has 1 aromatic heterocycles. The summed E-state index contributed by atoms with van der Waals surface area (Å²) in [6, 6.07) is 7.88. The molecule has 1 saturated heterocycles. The number of ketones is 1. The molecule has 28 heavy (non-hydrogen) atoms. The largest absolute Gasteiger partial charge is 0.392 e. The zero-order chi connectivity index (χ0) is 19.3. The summed E-state index contributed by atoms with van der Waals surface area (Å²) in [6.07, 6.45) is 8.47. The maximum Gasteiger partial charge on any atom is 0.242 e. The average molecular weight is 380 g/mol. The minimum absolute atomic E-state index is 0.0874. The molecule has 2 aromatic rings. The number of aliphatic hydroxyl groups is 1. The van der Waals surface area contributed by atoms with E-state index in [0.717, 1.165) is 68.0 Å². The van der Waals surface area contributed by atoms with Crippen molar-refractivity contribution in [3.05, 3.63) is 36.0 Å². The zero-order valence-corrected chi connectivity index (χ0v) is 16.3. The lowest BCUT2D eigenvalue weighted by atomic mass is 9.76. The molecule has 0 bridgehead atoms. The SMILES string of the molecule is O=C(c1cn(CC(=O)N2CCC[C@]3(CCC[C@H]3O)C2)c2ccccc12)C1CC1. The topological polar surface area (TPSA) is 62.5 Å². The van der Waals surface area contributed by atoms with Crippen LogP contribution in [0.25, 0.3) is 10.9 Å². The molecule has 2 aliphatic carbocycles. The Labute approximate surface area is 165 Å². The van der Waals surface area contributed by atoms with Crippen LogP contribution in [0.3, 0.4) is 0 Å². The predicted molar refractivity (Wildman–Crippen MR) is 107 cm³/mol. The normalized spacial score (nSPS) is 27.6. The first kappa shape index (κ1) is 17.9. The maximum absolute atomic E-state index is 13.1. The quantitative estimate of drug-likeness (QED) is 0.827. The molecular weight excluding hydrogens is 352 g/mol. The molecule has 1 spiro atoms. The molecule has 5 nitrogen and oxygen atoms in total. The number of aromatic nitrogens is 1. The molecule has 5 rings (SSSR count). The number of nitrogens with zero attached hydrogens (tertiary/aromatic N) is 2. The van der Waals surface area contributed by atoms with Gasteiger partial charge < -0.3 is 14.6 Å². The van der Waals surface area contributed by atoms with E-state index < -0.39 is 0 Å². The highest BCUT2D eigenvalue weighted by molar-refractivity contribution is 6.10. The van der Waals surface area contributed by atoms with Crippen LogP contribution >= 0.6 is 0 Å². The molecule has 2 atom stereocenters. The smallest absolute Gasteiger partial charge is 0.242 e. The molecule has 2 heterocycles. The summed E-state index contributed by atoms with van der Waals surface area (Å²) in [7, 11) is 0. The summed E-state index contributed by atoms with van der Waals surface area (Å²) in [6.45, 7) is 1.69. The van der Waals surface area contributed by atoms with Gasteiger partial charge in [0.25, 0.3) is 0 Å². The molecule has 3 aliphatic rings. The predicted octanol–water partition coefficient (Wildman–Crippen LogP) is 3.39. The van der Waals surface area contributed by atoms with Gasteiger partial charge in [-0.1, -0.05) is 24.6 Å². The number of hydrogen-bond acceptors (Lipinski definition) is 3. The fraction of sp³-hybridized carbons (Fsp3) is 0.565. The van der Waals surface area contributed by atoms with Gasteiger partial charge in [-0.15, -0.1) is 0 Å².